The molecule has 0 aliphatic carbocycles. The number of carbonyl (C=O) groups is 18. The molecule has 0 saturated carbocycles. The summed E-state index contributed by atoms with van der Waals surface area (Å²) in [5.74, 6) is -22.9. The monoisotopic (exact) mass is 1780 g/mol. The summed E-state index contributed by atoms with van der Waals surface area (Å²) >= 11 is 0. The number of aliphatic carboxylic acids is 1. The molecule has 127 heavy (non-hydrogen) atoms. The van der Waals surface area contributed by atoms with Crippen LogP contribution in [-0.2, 0) is 106 Å². The van der Waals surface area contributed by atoms with Crippen molar-refractivity contribution < 1.29 is 105 Å². The maximum atomic E-state index is 15.2. The SMILES string of the molecule is CC(=O)C[C@@H](Cc1ccc(F)c(F)c1)C(=O)N[C@]1(C)CCCCCC/C=C/CCC[C@@](C)(C(=O)NC(C)C(=O)N[C@@H](C)C(=O)NC(C)C(=O)N[C@@H](C)C(=O)C(=O)[C@H](C)NC[C@H](C)C(N)=O)NC(=O)[C@H](CC(C)C)CN[C@@H](CCC(N)=O)C(=O)C(=O)C(C)NC(=O)[C@H](Cc2c[nH]c3ccccc23)NC(=O)C(Cc2ccc(O)cc2)NC(=O)[C@H](CCC(=O)O)NC1=O.CN. The summed E-state index contributed by atoms with van der Waals surface area (Å²) < 4.78 is 28.8. The molecule has 1 aromatic heterocycles. The fourth-order valence-corrected chi connectivity index (χ4v) is 14.0. The quantitative estimate of drug-likeness (QED) is 0.0240. The number of nitrogens with two attached hydrogens (primary N) is 3. The molecule has 15 atom stereocenters. The Kier molecular flexibility index (Phi) is 44.1. The van der Waals surface area contributed by atoms with Crippen molar-refractivity contribution in [3.63, 3.8) is 0 Å². The number of hydrogen-bond acceptors (Lipinski definition) is 22. The van der Waals surface area contributed by atoms with Gasteiger partial charge in [-0.25, -0.2) is 8.78 Å². The van der Waals surface area contributed by atoms with Crippen molar-refractivity contribution in [2.75, 3.05) is 20.1 Å². The fraction of sp³-hybridized carbons (Fsp3) is 0.551. The number of nitrogens with one attached hydrogen (secondary N) is 13. The molecule has 698 valence electrons. The third kappa shape index (κ3) is 35.4. The van der Waals surface area contributed by atoms with Crippen LogP contribution in [0.1, 0.15) is 196 Å². The third-order valence-electron chi connectivity index (χ3n) is 21.8. The van der Waals surface area contributed by atoms with Crippen LogP contribution < -0.4 is 81.0 Å². The van der Waals surface area contributed by atoms with Crippen molar-refractivity contribution in [1.82, 2.24) is 68.8 Å². The summed E-state index contributed by atoms with van der Waals surface area (Å²) in [6.45, 7) is 16.5. The van der Waals surface area contributed by atoms with Gasteiger partial charge in [0.2, 0.25) is 94.0 Å². The zero-order valence-corrected chi connectivity index (χ0v) is 74.5. The Morgan fingerprint density at radius 2 is 1.13 bits per heavy atom. The van der Waals surface area contributed by atoms with Gasteiger partial charge in [-0.2, -0.15) is 0 Å². The number of carboxylic acids is 1. The van der Waals surface area contributed by atoms with Gasteiger partial charge in [0.05, 0.1) is 30.1 Å². The molecule has 1 aliphatic rings. The van der Waals surface area contributed by atoms with Crippen LogP contribution in [0.4, 0.5) is 8.78 Å². The number of carboxylic acid groups (broad SMARTS) is 1. The van der Waals surface area contributed by atoms with E-state index < -0.39 is 245 Å². The number of benzene rings is 3. The summed E-state index contributed by atoms with van der Waals surface area (Å²) in [7, 11) is 1.50. The van der Waals surface area contributed by atoms with E-state index in [1.165, 1.54) is 107 Å². The first kappa shape index (κ1) is 107. The Hall–Kier alpha value is -12.1. The number of aromatic nitrogens is 1. The minimum atomic E-state index is -1.98. The second-order valence-electron chi connectivity index (χ2n) is 33.3. The first-order valence-corrected chi connectivity index (χ1v) is 42.7. The summed E-state index contributed by atoms with van der Waals surface area (Å²) in [6, 6.07) is 0.376. The number of hydrogen-bond donors (Lipinski definition) is 18. The predicted molar refractivity (Wildman–Crippen MR) is 466 cm³/mol. The lowest BCUT2D eigenvalue weighted by atomic mass is 9.88. The second kappa shape index (κ2) is 52.1. The van der Waals surface area contributed by atoms with Crippen LogP contribution >= 0.6 is 0 Å². The lowest BCUT2D eigenvalue weighted by Gasteiger charge is -2.33. The van der Waals surface area contributed by atoms with Crippen LogP contribution in [-0.4, -0.2) is 213 Å². The molecule has 0 spiro atoms. The van der Waals surface area contributed by atoms with E-state index in [1.807, 2.05) is 12.2 Å². The van der Waals surface area contributed by atoms with E-state index in [-0.39, 0.29) is 75.3 Å². The highest BCUT2D eigenvalue weighted by Gasteiger charge is 2.43. The average Bonchev–Trinajstić information content (AvgIpc) is 1.79. The third-order valence-corrected chi connectivity index (χ3v) is 21.8. The maximum Gasteiger partial charge on any atom is 0.303 e. The van der Waals surface area contributed by atoms with Crippen molar-refractivity contribution >= 4 is 117 Å². The molecular formula is C89H128F2N16O20. The average molecular weight is 1780 g/mol. The second-order valence-corrected chi connectivity index (χ2v) is 33.3. The molecule has 0 bridgehead atoms. The number of phenols is 1. The lowest BCUT2D eigenvalue weighted by molar-refractivity contribution is -0.140. The Labute approximate surface area is 737 Å². The number of carbonyl (C=O) groups excluding carboxylic acids is 17. The Morgan fingerprint density at radius 3 is 1.72 bits per heavy atom. The number of aromatic amines is 1. The summed E-state index contributed by atoms with van der Waals surface area (Å²) in [5, 5.41) is 52.6. The van der Waals surface area contributed by atoms with Gasteiger partial charge in [0.25, 0.3) is 0 Å². The van der Waals surface area contributed by atoms with Crippen molar-refractivity contribution in [1.29, 1.82) is 0 Å². The summed E-state index contributed by atoms with van der Waals surface area (Å²) in [6.07, 6.45) is 4.28. The van der Waals surface area contributed by atoms with Gasteiger partial charge in [-0.05, 0) is 187 Å². The van der Waals surface area contributed by atoms with Gasteiger partial charge >= 0.3 is 5.97 Å². The van der Waals surface area contributed by atoms with Crippen LogP contribution in [0.2, 0.25) is 0 Å². The molecular weight excluding hydrogens is 1650 g/mol. The number of para-hydroxylation sites is 1. The first-order valence-electron chi connectivity index (χ1n) is 42.7. The van der Waals surface area contributed by atoms with Crippen LogP contribution in [0.3, 0.4) is 0 Å². The number of amides is 12. The van der Waals surface area contributed by atoms with Gasteiger partial charge in [-0.15, -0.1) is 0 Å². The van der Waals surface area contributed by atoms with E-state index in [0.717, 1.165) is 12.1 Å². The van der Waals surface area contributed by atoms with E-state index >= 15 is 19.2 Å². The van der Waals surface area contributed by atoms with E-state index in [2.05, 4.69) is 74.5 Å². The lowest BCUT2D eigenvalue weighted by Crippen LogP contribution is -2.62. The summed E-state index contributed by atoms with van der Waals surface area (Å²) in [5.41, 5.74) is 13.1. The number of aromatic hydroxyl groups is 1. The molecule has 36 nitrogen and oxygen atoms in total. The van der Waals surface area contributed by atoms with Gasteiger partial charge in [0.15, 0.2) is 11.6 Å². The molecule has 1 aliphatic heterocycles. The van der Waals surface area contributed by atoms with Crippen molar-refractivity contribution in [2.45, 2.75) is 270 Å². The van der Waals surface area contributed by atoms with E-state index in [4.69, 9.17) is 11.5 Å². The van der Waals surface area contributed by atoms with E-state index in [0.29, 0.717) is 54.1 Å². The molecule has 5 rings (SSSR count). The van der Waals surface area contributed by atoms with E-state index in [1.54, 1.807) is 44.3 Å². The normalized spacial score (nSPS) is 22.1. The maximum absolute atomic E-state index is 15.2. The Balaban J connectivity index is 0.0000168. The molecule has 4 aromatic rings. The first-order chi connectivity index (χ1) is 59.7. The molecule has 3 aromatic carbocycles. The smallest absolute Gasteiger partial charge is 0.303 e. The van der Waals surface area contributed by atoms with Crippen LogP contribution in [0.5, 0.6) is 5.75 Å². The predicted octanol–water partition coefficient (Wildman–Crippen LogP) is 2.28. The molecule has 21 N–H and O–H groups in total. The minimum absolute atomic E-state index is 0.0000585. The zero-order valence-electron chi connectivity index (χ0n) is 74.5. The van der Waals surface area contributed by atoms with Crippen molar-refractivity contribution in [3.8, 4) is 5.75 Å². The Morgan fingerprint density at radius 1 is 0.583 bits per heavy atom. The molecule has 0 saturated heterocycles. The molecule has 38 heteroatoms. The number of H-pyrrole nitrogens is 1. The number of rotatable bonds is 33. The number of halogens is 2. The fourth-order valence-electron chi connectivity index (χ4n) is 14.0. The zero-order chi connectivity index (χ0) is 95.3. The van der Waals surface area contributed by atoms with Crippen LogP contribution in [0, 0.1) is 35.3 Å². The van der Waals surface area contributed by atoms with Crippen molar-refractivity contribution in [3.05, 3.63) is 113 Å². The van der Waals surface area contributed by atoms with Crippen molar-refractivity contribution in [2.24, 2.45) is 40.9 Å². The number of fused-ring (bicyclic) bond motifs is 1. The highest BCUT2D eigenvalue weighted by molar-refractivity contribution is 6.41. The molecule has 12 amide bonds. The molecule has 2 heterocycles. The Bertz CT molecular complexity index is 4580. The standard InChI is InChI=1S/C88H123F2N15O20.CH5N/c1-47(2)38-60-46-95-66(32-34-70(91)108)75(114)74(113)52(7)97-83(122)69(43-59-45-94-65-25-21-20-24-62(59)65)102-84(123)68(42-56-26-29-61(107)30-27-56)101-82(121)67(33-35-71(109)110)103-86(125)88(12,104-80(119)58(39-49(4)106)40-57-28-31-63(89)64(90)41-57)37-23-19-17-15-13-14-16-18-22-36-87(11,105-81(60)120)85(124)100-55(10)79(118)99-54(9)78(117)98-53(8)77(116)96-51(6)73(112)72(111)50(5)93-44-48(3)76(92)115;1-2/h14,16,20-21,24-31,41,45,47-48,50-55,58,60,66-69,93-95,107H,13,15,17-19,22-23,32-40,42-44,46H2,1-12H3,(H2,91,108)(H2,92,115)(H,96,116)(H,97,122)(H,98,117)(H,99,118)(H,100,124)(H,101,121)(H,102,123)(H,103,125)(H,104,119)(H,105,120)(H,109,110);2H2,1H3/b16-14+;/t48-,50-,51-,52?,53?,54-,55?,58-,60+,66-,67-,68?,69-,87-,88+;/m0./s1. The highest BCUT2D eigenvalue weighted by Crippen LogP contribution is 2.26. The molecule has 0 fully saturated rings. The highest BCUT2D eigenvalue weighted by atomic mass is 19.2. The number of allylic oxidation sites excluding steroid dienone is 2. The minimum Gasteiger partial charge on any atom is -0.508 e. The topological polar surface area (TPSA) is 586 Å². The molecule has 4 unspecified atom stereocenters. The summed E-state index contributed by atoms with van der Waals surface area (Å²) in [4.78, 5) is 253. The number of primary amides is 2. The van der Waals surface area contributed by atoms with Gasteiger partial charge in [-0.3, -0.25) is 81.5 Å². The van der Waals surface area contributed by atoms with Crippen LogP contribution in [0.25, 0.3) is 10.9 Å². The van der Waals surface area contributed by atoms with Gasteiger partial charge < -0.3 is 101 Å². The molecule has 0 radical (unpaired) electrons. The largest absolute Gasteiger partial charge is 0.508 e. The van der Waals surface area contributed by atoms with Gasteiger partial charge in [0, 0.05) is 74.1 Å². The van der Waals surface area contributed by atoms with E-state index in [9.17, 15) is 86.1 Å². The number of ketones is 5. The van der Waals surface area contributed by atoms with Gasteiger partial charge in [0.1, 0.15) is 58.9 Å². The van der Waals surface area contributed by atoms with Crippen LogP contribution in [0.15, 0.2) is 85.1 Å². The van der Waals surface area contributed by atoms with Gasteiger partial charge in [-0.1, -0.05) is 88.6 Å². The number of Topliss-reactive ketones (excluding diaryl/α,β-unsaturated/α-hetero) is 5. The number of phenolic OH excluding ortho intramolecular Hbond substituents is 1.